The lowest BCUT2D eigenvalue weighted by molar-refractivity contribution is -0.146. The number of aromatic nitrogens is 2. The molecule has 1 aliphatic rings. The minimum Gasteiger partial charge on any atom is -0.479 e. The van der Waals surface area contributed by atoms with E-state index in [2.05, 4.69) is 4.98 Å². The standard InChI is InChI=1S/C18H22N3O10P/c19-13-6-7-21(18(26)20-13)16-15(23)14(22)12(30-16)9-29-32(27,28)31-11(17(24)25)8-10-4-2-1-3-5-10/h1-7,11-12,14-16,22-23H,8-9H2,(H,24,25)(H,27,28)(H2,19,20,26)/t11-,12-,14-,15-,16-/m1/s1. The number of anilines is 1. The van der Waals surface area contributed by atoms with E-state index in [9.17, 15) is 34.4 Å². The van der Waals surface area contributed by atoms with Crippen molar-refractivity contribution in [3.8, 4) is 0 Å². The molecule has 13 nitrogen and oxygen atoms in total. The molecule has 2 aromatic rings. The number of aliphatic hydroxyl groups is 2. The maximum absolute atomic E-state index is 12.3. The predicted molar refractivity (Wildman–Crippen MR) is 107 cm³/mol. The molecule has 1 aromatic carbocycles. The summed E-state index contributed by atoms with van der Waals surface area (Å²) in [6, 6.07) is 9.60. The van der Waals surface area contributed by atoms with Gasteiger partial charge < -0.3 is 30.7 Å². The van der Waals surface area contributed by atoms with Crippen LogP contribution >= 0.6 is 7.82 Å². The van der Waals surface area contributed by atoms with E-state index in [4.69, 9.17) is 19.5 Å². The van der Waals surface area contributed by atoms with Gasteiger partial charge in [-0.2, -0.15) is 4.98 Å². The molecule has 32 heavy (non-hydrogen) atoms. The lowest BCUT2D eigenvalue weighted by Crippen LogP contribution is -2.36. The van der Waals surface area contributed by atoms with Gasteiger partial charge in [0, 0.05) is 12.6 Å². The van der Waals surface area contributed by atoms with Gasteiger partial charge in [-0.3, -0.25) is 13.6 Å². The predicted octanol–water partition coefficient (Wildman–Crippen LogP) is -0.726. The van der Waals surface area contributed by atoms with Gasteiger partial charge in [0.1, 0.15) is 24.1 Å². The number of nitrogens with zero attached hydrogens (tertiary/aromatic N) is 2. The highest BCUT2D eigenvalue weighted by Crippen LogP contribution is 2.46. The highest BCUT2D eigenvalue weighted by molar-refractivity contribution is 7.47. The number of aliphatic hydroxyl groups excluding tert-OH is 2. The van der Waals surface area contributed by atoms with Gasteiger partial charge in [0.05, 0.1) is 6.61 Å². The largest absolute Gasteiger partial charge is 0.479 e. The summed E-state index contributed by atoms with van der Waals surface area (Å²) in [7, 11) is -4.90. The van der Waals surface area contributed by atoms with Gasteiger partial charge in [0.2, 0.25) is 0 Å². The molecule has 0 aliphatic carbocycles. The highest BCUT2D eigenvalue weighted by Gasteiger charge is 2.45. The summed E-state index contributed by atoms with van der Waals surface area (Å²) < 4.78 is 28.1. The van der Waals surface area contributed by atoms with Gasteiger partial charge in [-0.1, -0.05) is 30.3 Å². The minimum absolute atomic E-state index is 0.0546. The lowest BCUT2D eigenvalue weighted by atomic mass is 10.1. The maximum Gasteiger partial charge on any atom is 0.473 e. The van der Waals surface area contributed by atoms with Crippen molar-refractivity contribution in [1.82, 2.24) is 9.55 Å². The van der Waals surface area contributed by atoms with Crippen molar-refractivity contribution in [2.24, 2.45) is 0 Å². The molecule has 0 spiro atoms. The normalized spacial score (nSPS) is 25.8. The Labute approximate surface area is 181 Å². The van der Waals surface area contributed by atoms with Crippen molar-refractivity contribution in [3.63, 3.8) is 0 Å². The number of hydrogen-bond acceptors (Lipinski definition) is 10. The van der Waals surface area contributed by atoms with E-state index in [0.29, 0.717) is 5.56 Å². The van der Waals surface area contributed by atoms with Gasteiger partial charge in [-0.05, 0) is 11.6 Å². The summed E-state index contributed by atoms with van der Waals surface area (Å²) in [5, 5.41) is 29.7. The average molecular weight is 471 g/mol. The first-order valence-corrected chi connectivity index (χ1v) is 10.9. The highest BCUT2D eigenvalue weighted by atomic mass is 31.2. The molecule has 14 heteroatoms. The zero-order chi connectivity index (χ0) is 23.5. The van der Waals surface area contributed by atoms with Gasteiger partial charge in [0.25, 0.3) is 0 Å². The van der Waals surface area contributed by atoms with Crippen LogP contribution in [0, 0.1) is 0 Å². The Morgan fingerprint density at radius 2 is 1.94 bits per heavy atom. The quantitative estimate of drug-likeness (QED) is 0.287. The van der Waals surface area contributed by atoms with E-state index in [1.54, 1.807) is 30.3 Å². The number of benzene rings is 1. The summed E-state index contributed by atoms with van der Waals surface area (Å²) in [5.74, 6) is -1.53. The molecule has 1 aromatic heterocycles. The average Bonchev–Trinajstić information content (AvgIpc) is 3.01. The fourth-order valence-corrected chi connectivity index (χ4v) is 3.96. The third-order valence-electron chi connectivity index (χ3n) is 4.66. The molecular weight excluding hydrogens is 449 g/mol. The molecular formula is C18H22N3O10P. The number of ether oxygens (including phenoxy) is 1. The summed E-state index contributed by atoms with van der Waals surface area (Å²) in [6.45, 7) is -0.739. The third kappa shape index (κ3) is 5.78. The van der Waals surface area contributed by atoms with E-state index in [1.165, 1.54) is 12.3 Å². The number of nitrogens with two attached hydrogens (primary N) is 1. The molecule has 3 rings (SSSR count). The summed E-state index contributed by atoms with van der Waals surface area (Å²) in [4.78, 5) is 36.8. The van der Waals surface area contributed by atoms with Crippen LogP contribution in [-0.4, -0.2) is 66.8 Å². The minimum atomic E-state index is -4.90. The second-order valence-corrected chi connectivity index (χ2v) is 8.38. The first kappa shape index (κ1) is 24.0. The molecule has 6 atom stereocenters. The van der Waals surface area contributed by atoms with Crippen LogP contribution < -0.4 is 11.4 Å². The number of nitrogen functional groups attached to an aromatic ring is 1. The van der Waals surface area contributed by atoms with Crippen LogP contribution in [0.5, 0.6) is 0 Å². The molecule has 1 aliphatic heterocycles. The number of hydrogen-bond donors (Lipinski definition) is 5. The van der Waals surface area contributed by atoms with Crippen LogP contribution in [0.4, 0.5) is 5.82 Å². The number of carboxylic acids is 1. The van der Waals surface area contributed by atoms with Gasteiger partial charge >= 0.3 is 19.5 Å². The monoisotopic (exact) mass is 471 g/mol. The van der Waals surface area contributed by atoms with Crippen LogP contribution in [0.15, 0.2) is 47.4 Å². The maximum atomic E-state index is 12.3. The first-order chi connectivity index (χ1) is 15.1. The van der Waals surface area contributed by atoms with Gasteiger partial charge in [-0.25, -0.2) is 14.2 Å². The number of carbonyl (C=O) groups is 1. The molecule has 1 fully saturated rings. The van der Waals surface area contributed by atoms with Gasteiger partial charge in [-0.15, -0.1) is 0 Å². The Kier molecular flexibility index (Phi) is 7.41. The first-order valence-electron chi connectivity index (χ1n) is 9.36. The Balaban J connectivity index is 1.63. The zero-order valence-corrected chi connectivity index (χ0v) is 17.4. The fraction of sp³-hybridized carbons (Fsp3) is 0.389. The number of aliphatic carboxylic acids is 1. The molecule has 1 saturated heterocycles. The van der Waals surface area contributed by atoms with E-state index < -0.39 is 56.7 Å². The molecule has 6 N–H and O–H groups in total. The zero-order valence-electron chi connectivity index (χ0n) is 16.5. The number of rotatable bonds is 9. The Morgan fingerprint density at radius 3 is 2.56 bits per heavy atom. The van der Waals surface area contributed by atoms with Crippen molar-refractivity contribution in [3.05, 3.63) is 58.6 Å². The molecule has 2 heterocycles. The van der Waals surface area contributed by atoms with Crippen LogP contribution in [0.3, 0.4) is 0 Å². The van der Waals surface area contributed by atoms with E-state index in [1.807, 2.05) is 0 Å². The third-order valence-corrected chi connectivity index (χ3v) is 5.66. The van der Waals surface area contributed by atoms with Crippen LogP contribution in [0.1, 0.15) is 11.8 Å². The molecule has 0 amide bonds. The van der Waals surface area contributed by atoms with Crippen molar-refractivity contribution < 1.29 is 43.4 Å². The number of phosphoric ester groups is 1. The van der Waals surface area contributed by atoms with Crippen molar-refractivity contribution in [1.29, 1.82) is 0 Å². The van der Waals surface area contributed by atoms with Crippen LogP contribution in [0.25, 0.3) is 0 Å². The van der Waals surface area contributed by atoms with Crippen molar-refractivity contribution in [2.45, 2.75) is 37.1 Å². The van der Waals surface area contributed by atoms with E-state index >= 15 is 0 Å². The second-order valence-electron chi connectivity index (χ2n) is 6.97. The molecule has 174 valence electrons. The van der Waals surface area contributed by atoms with Gasteiger partial charge in [0.15, 0.2) is 12.3 Å². The molecule has 0 bridgehead atoms. The Hall–Kier alpha value is -2.64. The number of carboxylic acid groups (broad SMARTS) is 1. The van der Waals surface area contributed by atoms with E-state index in [0.717, 1.165) is 4.57 Å². The summed E-state index contributed by atoms with van der Waals surface area (Å²) in [5.41, 5.74) is 5.12. The molecule has 0 saturated carbocycles. The molecule has 1 unspecified atom stereocenters. The summed E-state index contributed by atoms with van der Waals surface area (Å²) >= 11 is 0. The van der Waals surface area contributed by atoms with E-state index in [-0.39, 0.29) is 12.2 Å². The SMILES string of the molecule is Nc1ccn([C@@H]2O[C@H](COP(=O)(O)O[C@H](Cc3ccccc3)C(=O)O)[C@@H](O)[C@H]2O)c(=O)n1. The number of phosphoric acid groups is 1. The Bertz CT molecular complexity index is 1050. The molecule has 0 radical (unpaired) electrons. The topological polar surface area (TPSA) is 204 Å². The lowest BCUT2D eigenvalue weighted by Gasteiger charge is -2.20. The van der Waals surface area contributed by atoms with Crippen LogP contribution in [-0.2, 0) is 29.6 Å². The fourth-order valence-electron chi connectivity index (χ4n) is 3.07. The Morgan fingerprint density at radius 1 is 1.25 bits per heavy atom. The van der Waals surface area contributed by atoms with Crippen molar-refractivity contribution >= 4 is 19.6 Å². The summed E-state index contributed by atoms with van der Waals surface area (Å²) in [6.07, 6.45) is -6.54. The van der Waals surface area contributed by atoms with Crippen LogP contribution in [0.2, 0.25) is 0 Å². The smallest absolute Gasteiger partial charge is 0.473 e. The van der Waals surface area contributed by atoms with Crippen molar-refractivity contribution in [2.75, 3.05) is 12.3 Å². The second kappa shape index (κ2) is 9.88.